The van der Waals surface area contributed by atoms with Crippen molar-refractivity contribution in [2.45, 2.75) is 39.8 Å². The van der Waals surface area contributed by atoms with Crippen LogP contribution in [0.2, 0.25) is 0 Å². The van der Waals surface area contributed by atoms with Crippen molar-refractivity contribution in [3.63, 3.8) is 0 Å². The predicted molar refractivity (Wildman–Crippen MR) is 76.7 cm³/mol. The Balaban J connectivity index is 2.75. The van der Waals surface area contributed by atoms with Crippen LogP contribution in [-0.2, 0) is 6.54 Å². The van der Waals surface area contributed by atoms with Gasteiger partial charge in [-0.25, -0.2) is 4.98 Å². The highest BCUT2D eigenvalue weighted by atomic mass is 15.2. The summed E-state index contributed by atoms with van der Waals surface area (Å²) < 4.78 is 2.33. The van der Waals surface area contributed by atoms with Crippen molar-refractivity contribution in [3.05, 3.63) is 18.2 Å². The molecule has 4 nitrogen and oxygen atoms in total. The van der Waals surface area contributed by atoms with E-state index >= 15 is 0 Å². The Labute approximate surface area is 111 Å². The van der Waals surface area contributed by atoms with Gasteiger partial charge in [0, 0.05) is 25.3 Å². The minimum Gasteiger partial charge on any atom is -0.329 e. The first-order chi connectivity index (χ1) is 8.56. The second-order valence-electron chi connectivity index (χ2n) is 5.54. The normalized spacial score (nSPS) is 13.5. The zero-order valence-electron chi connectivity index (χ0n) is 12.5. The van der Waals surface area contributed by atoms with E-state index in [-0.39, 0.29) is 0 Å². The molecule has 1 rings (SSSR count). The van der Waals surface area contributed by atoms with Crippen molar-refractivity contribution < 1.29 is 0 Å². The standard InChI is InChI=1S/C14H28N4/c1-6-7-15-8-13-9-16-11-18(13)14(12(2)3)10-17(4)5/h9,11-12,14-15H,6-8,10H2,1-5H3. The molecule has 0 spiro atoms. The Morgan fingerprint density at radius 3 is 2.67 bits per heavy atom. The number of nitrogens with one attached hydrogen (secondary N) is 1. The molecule has 0 radical (unpaired) electrons. The average molecular weight is 252 g/mol. The van der Waals surface area contributed by atoms with Crippen molar-refractivity contribution >= 4 is 0 Å². The molecular weight excluding hydrogens is 224 g/mol. The fourth-order valence-electron chi connectivity index (χ4n) is 2.15. The van der Waals surface area contributed by atoms with Gasteiger partial charge in [0.1, 0.15) is 0 Å². The van der Waals surface area contributed by atoms with E-state index in [0.29, 0.717) is 12.0 Å². The minimum atomic E-state index is 0.487. The van der Waals surface area contributed by atoms with E-state index < -0.39 is 0 Å². The fraction of sp³-hybridized carbons (Fsp3) is 0.786. The molecule has 0 amide bonds. The third kappa shape index (κ3) is 4.42. The molecule has 1 unspecified atom stereocenters. The van der Waals surface area contributed by atoms with Crippen molar-refractivity contribution in [1.82, 2.24) is 19.8 Å². The van der Waals surface area contributed by atoms with Crippen molar-refractivity contribution in [1.29, 1.82) is 0 Å². The fourth-order valence-corrected chi connectivity index (χ4v) is 2.15. The largest absolute Gasteiger partial charge is 0.329 e. The maximum atomic E-state index is 4.32. The molecule has 0 saturated carbocycles. The first kappa shape index (κ1) is 15.2. The number of hydrogen-bond donors (Lipinski definition) is 1. The summed E-state index contributed by atoms with van der Waals surface area (Å²) in [5.41, 5.74) is 1.28. The number of nitrogens with zero attached hydrogens (tertiary/aromatic N) is 3. The van der Waals surface area contributed by atoms with E-state index in [9.17, 15) is 0 Å². The Bertz CT molecular complexity index is 330. The van der Waals surface area contributed by atoms with Gasteiger partial charge in [-0.3, -0.25) is 0 Å². The molecule has 1 aromatic heterocycles. The van der Waals surface area contributed by atoms with E-state index in [0.717, 1.165) is 19.6 Å². The molecule has 4 heteroatoms. The van der Waals surface area contributed by atoms with Crippen LogP contribution in [0.4, 0.5) is 0 Å². The van der Waals surface area contributed by atoms with Gasteiger partial charge in [-0.15, -0.1) is 0 Å². The Kier molecular flexibility index (Phi) is 6.36. The number of rotatable bonds is 8. The number of aromatic nitrogens is 2. The molecule has 18 heavy (non-hydrogen) atoms. The Hall–Kier alpha value is -0.870. The number of hydrogen-bond acceptors (Lipinski definition) is 3. The van der Waals surface area contributed by atoms with Crippen LogP contribution in [-0.4, -0.2) is 41.6 Å². The second-order valence-corrected chi connectivity index (χ2v) is 5.54. The molecule has 0 bridgehead atoms. The summed E-state index contributed by atoms with van der Waals surface area (Å²) in [6.07, 6.45) is 5.12. The molecule has 1 atom stereocenters. The zero-order chi connectivity index (χ0) is 13.5. The zero-order valence-corrected chi connectivity index (χ0v) is 12.5. The van der Waals surface area contributed by atoms with Crippen LogP contribution < -0.4 is 5.32 Å². The summed E-state index contributed by atoms with van der Waals surface area (Å²) in [5, 5.41) is 3.45. The van der Waals surface area contributed by atoms with Gasteiger partial charge in [0.15, 0.2) is 0 Å². The second kappa shape index (κ2) is 7.54. The maximum absolute atomic E-state index is 4.32. The highest BCUT2D eigenvalue weighted by Crippen LogP contribution is 2.20. The minimum absolute atomic E-state index is 0.487. The van der Waals surface area contributed by atoms with Gasteiger partial charge < -0.3 is 14.8 Å². The van der Waals surface area contributed by atoms with Crippen LogP contribution in [0.5, 0.6) is 0 Å². The molecule has 0 aliphatic heterocycles. The third-order valence-electron chi connectivity index (χ3n) is 3.16. The lowest BCUT2D eigenvalue weighted by Gasteiger charge is -2.27. The van der Waals surface area contributed by atoms with Gasteiger partial charge in [0.25, 0.3) is 0 Å². The lowest BCUT2D eigenvalue weighted by molar-refractivity contribution is 0.264. The lowest BCUT2D eigenvalue weighted by Crippen LogP contribution is -2.29. The molecular formula is C14H28N4. The summed E-state index contributed by atoms with van der Waals surface area (Å²) in [6.45, 7) is 9.76. The van der Waals surface area contributed by atoms with Crippen LogP contribution in [0, 0.1) is 5.92 Å². The summed E-state index contributed by atoms with van der Waals surface area (Å²) in [6, 6.07) is 0.487. The van der Waals surface area contributed by atoms with Crippen LogP contribution in [0.3, 0.4) is 0 Å². The molecule has 0 fully saturated rings. The molecule has 0 aromatic carbocycles. The summed E-state index contributed by atoms with van der Waals surface area (Å²) in [4.78, 5) is 6.56. The van der Waals surface area contributed by atoms with Gasteiger partial charge in [-0.05, 0) is 33.0 Å². The highest BCUT2D eigenvalue weighted by molar-refractivity contribution is 5.01. The van der Waals surface area contributed by atoms with Crippen molar-refractivity contribution in [2.24, 2.45) is 5.92 Å². The summed E-state index contributed by atoms with van der Waals surface area (Å²) in [7, 11) is 4.25. The number of likely N-dealkylation sites (N-methyl/N-ethyl adjacent to an activating group) is 1. The van der Waals surface area contributed by atoms with Gasteiger partial charge in [-0.2, -0.15) is 0 Å². The van der Waals surface area contributed by atoms with E-state index in [1.54, 1.807) is 0 Å². The molecule has 104 valence electrons. The Morgan fingerprint density at radius 2 is 2.11 bits per heavy atom. The first-order valence-corrected chi connectivity index (χ1v) is 6.92. The maximum Gasteiger partial charge on any atom is 0.0951 e. The highest BCUT2D eigenvalue weighted by Gasteiger charge is 2.18. The summed E-state index contributed by atoms with van der Waals surface area (Å²) in [5.74, 6) is 0.603. The molecule has 0 aliphatic rings. The van der Waals surface area contributed by atoms with Gasteiger partial charge >= 0.3 is 0 Å². The van der Waals surface area contributed by atoms with E-state index in [4.69, 9.17) is 0 Å². The monoisotopic (exact) mass is 252 g/mol. The van der Waals surface area contributed by atoms with E-state index in [2.05, 4.69) is 54.6 Å². The predicted octanol–water partition coefficient (Wildman–Crippen LogP) is 2.14. The number of imidazole rings is 1. The SMILES string of the molecule is CCCNCc1cncn1C(CN(C)C)C(C)C. The average Bonchev–Trinajstić information content (AvgIpc) is 2.74. The molecule has 0 aliphatic carbocycles. The van der Waals surface area contributed by atoms with Crippen LogP contribution in [0.15, 0.2) is 12.5 Å². The molecule has 0 saturated heterocycles. The third-order valence-corrected chi connectivity index (χ3v) is 3.16. The Morgan fingerprint density at radius 1 is 1.39 bits per heavy atom. The van der Waals surface area contributed by atoms with E-state index in [1.807, 2.05) is 12.5 Å². The van der Waals surface area contributed by atoms with Gasteiger partial charge in [-0.1, -0.05) is 20.8 Å². The van der Waals surface area contributed by atoms with Crippen LogP contribution in [0.1, 0.15) is 38.9 Å². The van der Waals surface area contributed by atoms with Gasteiger partial charge in [0.05, 0.1) is 12.0 Å². The van der Waals surface area contributed by atoms with Crippen LogP contribution >= 0.6 is 0 Å². The smallest absolute Gasteiger partial charge is 0.0951 e. The molecule has 1 aromatic rings. The summed E-state index contributed by atoms with van der Waals surface area (Å²) >= 11 is 0. The van der Waals surface area contributed by atoms with Crippen molar-refractivity contribution in [3.8, 4) is 0 Å². The van der Waals surface area contributed by atoms with E-state index in [1.165, 1.54) is 12.1 Å². The quantitative estimate of drug-likeness (QED) is 0.720. The molecule has 1 N–H and O–H groups in total. The van der Waals surface area contributed by atoms with Gasteiger partial charge in [0.2, 0.25) is 0 Å². The first-order valence-electron chi connectivity index (χ1n) is 6.92. The lowest BCUT2D eigenvalue weighted by atomic mass is 10.0. The molecule has 1 heterocycles. The van der Waals surface area contributed by atoms with Crippen molar-refractivity contribution in [2.75, 3.05) is 27.2 Å². The topological polar surface area (TPSA) is 33.1 Å². The van der Waals surface area contributed by atoms with Crippen LogP contribution in [0.25, 0.3) is 0 Å².